The van der Waals surface area contributed by atoms with Gasteiger partial charge in [0.25, 0.3) is 0 Å². The van der Waals surface area contributed by atoms with Gasteiger partial charge in [0.2, 0.25) is 0 Å². The maximum absolute atomic E-state index is 8.88. The second-order valence-corrected chi connectivity index (χ2v) is 3.82. The van der Waals surface area contributed by atoms with Gasteiger partial charge in [-0.2, -0.15) is 0 Å². The highest BCUT2D eigenvalue weighted by molar-refractivity contribution is 5.85. The molecule has 2 saturated heterocycles. The Morgan fingerprint density at radius 2 is 2.07 bits per heavy atom. The number of fused-ring (bicyclic) bond motifs is 1. The Kier molecular flexibility index (Phi) is 7.08. The molecule has 0 bridgehead atoms. The Balaban J connectivity index is 0.000000845. The number of piperidine rings is 1. The standard InChI is InChI=1S/C9H18N2O.2ClH/c12-7-6-11-5-1-2-8-9(11)3-4-10-8;;/h8-10,12H,1-7H2;2*1H. The highest BCUT2D eigenvalue weighted by atomic mass is 35.5. The molecule has 2 fully saturated rings. The Morgan fingerprint density at radius 3 is 2.79 bits per heavy atom. The van der Waals surface area contributed by atoms with E-state index in [-0.39, 0.29) is 24.8 Å². The fourth-order valence-electron chi connectivity index (χ4n) is 2.57. The molecule has 86 valence electrons. The van der Waals surface area contributed by atoms with Crippen LogP contribution in [0.5, 0.6) is 0 Å². The van der Waals surface area contributed by atoms with Crippen molar-refractivity contribution in [1.82, 2.24) is 10.2 Å². The van der Waals surface area contributed by atoms with E-state index in [0.717, 1.165) is 13.1 Å². The number of β-amino-alcohol motifs (C(OH)–C–C–N with tert-alkyl or cyclic N) is 1. The molecular weight excluding hydrogens is 223 g/mol. The Bertz CT molecular complexity index is 158. The molecule has 5 heteroatoms. The first kappa shape index (κ1) is 14.5. The van der Waals surface area contributed by atoms with Crippen molar-refractivity contribution < 1.29 is 5.11 Å². The number of nitrogens with one attached hydrogen (secondary N) is 1. The number of halogens is 2. The van der Waals surface area contributed by atoms with Crippen LogP contribution in [0.3, 0.4) is 0 Å². The SMILES string of the molecule is Cl.Cl.OCCN1CCCC2NCCC21. The zero-order valence-electron chi connectivity index (χ0n) is 8.32. The minimum absolute atomic E-state index is 0. The van der Waals surface area contributed by atoms with Crippen molar-refractivity contribution in [3.63, 3.8) is 0 Å². The van der Waals surface area contributed by atoms with Gasteiger partial charge in [0.1, 0.15) is 0 Å². The van der Waals surface area contributed by atoms with Crippen LogP contribution in [0.4, 0.5) is 0 Å². The molecule has 0 aromatic carbocycles. The van der Waals surface area contributed by atoms with Crippen molar-refractivity contribution in [3.8, 4) is 0 Å². The molecule has 0 spiro atoms. The molecule has 0 aliphatic carbocycles. The van der Waals surface area contributed by atoms with E-state index >= 15 is 0 Å². The van der Waals surface area contributed by atoms with Gasteiger partial charge in [-0.15, -0.1) is 24.8 Å². The van der Waals surface area contributed by atoms with Crippen molar-refractivity contribution in [2.24, 2.45) is 0 Å². The fourth-order valence-corrected chi connectivity index (χ4v) is 2.57. The Morgan fingerprint density at radius 1 is 1.29 bits per heavy atom. The predicted octanol–water partition coefficient (Wildman–Crippen LogP) is 0.649. The van der Waals surface area contributed by atoms with Crippen molar-refractivity contribution in [3.05, 3.63) is 0 Å². The molecule has 0 amide bonds. The first-order valence-corrected chi connectivity index (χ1v) is 5.00. The van der Waals surface area contributed by atoms with Crippen molar-refractivity contribution in [1.29, 1.82) is 0 Å². The minimum atomic E-state index is 0. The minimum Gasteiger partial charge on any atom is -0.395 e. The van der Waals surface area contributed by atoms with E-state index in [1.807, 2.05) is 0 Å². The molecule has 0 saturated carbocycles. The maximum atomic E-state index is 8.88. The van der Waals surface area contributed by atoms with Gasteiger partial charge in [-0.05, 0) is 32.4 Å². The molecule has 14 heavy (non-hydrogen) atoms. The molecule has 0 aromatic heterocycles. The summed E-state index contributed by atoms with van der Waals surface area (Å²) in [7, 11) is 0. The highest BCUT2D eigenvalue weighted by Gasteiger charge is 2.33. The third-order valence-corrected chi connectivity index (χ3v) is 3.13. The molecule has 2 atom stereocenters. The lowest BCUT2D eigenvalue weighted by atomic mass is 9.98. The van der Waals surface area contributed by atoms with Gasteiger partial charge in [0.15, 0.2) is 0 Å². The number of aliphatic hydroxyl groups is 1. The topological polar surface area (TPSA) is 35.5 Å². The number of aliphatic hydroxyl groups excluding tert-OH is 1. The van der Waals surface area contributed by atoms with E-state index in [1.54, 1.807) is 0 Å². The van der Waals surface area contributed by atoms with Crippen LogP contribution in [-0.2, 0) is 0 Å². The molecular formula is C9H20Cl2N2O. The number of hydrogen-bond acceptors (Lipinski definition) is 3. The summed E-state index contributed by atoms with van der Waals surface area (Å²) in [5.74, 6) is 0. The summed E-state index contributed by atoms with van der Waals surface area (Å²) in [4.78, 5) is 2.44. The lowest BCUT2D eigenvalue weighted by Gasteiger charge is -2.36. The van der Waals surface area contributed by atoms with E-state index in [9.17, 15) is 0 Å². The molecule has 2 rings (SSSR count). The molecule has 3 nitrogen and oxygen atoms in total. The summed E-state index contributed by atoms with van der Waals surface area (Å²) >= 11 is 0. The lowest BCUT2D eigenvalue weighted by molar-refractivity contribution is 0.110. The van der Waals surface area contributed by atoms with Gasteiger partial charge in [0, 0.05) is 18.6 Å². The van der Waals surface area contributed by atoms with Gasteiger partial charge < -0.3 is 10.4 Å². The molecule has 2 N–H and O–H groups in total. The third-order valence-electron chi connectivity index (χ3n) is 3.13. The van der Waals surface area contributed by atoms with E-state index in [2.05, 4.69) is 10.2 Å². The Labute approximate surface area is 98.1 Å². The summed E-state index contributed by atoms with van der Waals surface area (Å²) in [6.07, 6.45) is 3.88. The largest absolute Gasteiger partial charge is 0.395 e. The Hall–Kier alpha value is 0.460. The van der Waals surface area contributed by atoms with Crippen LogP contribution in [0.2, 0.25) is 0 Å². The van der Waals surface area contributed by atoms with Crippen LogP contribution in [-0.4, -0.2) is 48.3 Å². The van der Waals surface area contributed by atoms with Gasteiger partial charge in [-0.25, -0.2) is 0 Å². The lowest BCUT2D eigenvalue weighted by Crippen LogP contribution is -2.49. The molecule has 0 radical (unpaired) electrons. The van der Waals surface area contributed by atoms with Crippen molar-refractivity contribution in [2.45, 2.75) is 31.3 Å². The van der Waals surface area contributed by atoms with Gasteiger partial charge in [0.05, 0.1) is 6.61 Å². The average molecular weight is 243 g/mol. The van der Waals surface area contributed by atoms with Crippen LogP contribution in [0, 0.1) is 0 Å². The average Bonchev–Trinajstić information content (AvgIpc) is 2.53. The summed E-state index contributed by atoms with van der Waals surface area (Å²) in [6, 6.07) is 1.43. The first-order valence-electron chi connectivity index (χ1n) is 5.00. The zero-order chi connectivity index (χ0) is 8.39. The van der Waals surface area contributed by atoms with Gasteiger partial charge in [-0.1, -0.05) is 0 Å². The van der Waals surface area contributed by atoms with Crippen LogP contribution in [0.25, 0.3) is 0 Å². The molecule has 2 aliphatic rings. The van der Waals surface area contributed by atoms with Gasteiger partial charge in [-0.3, -0.25) is 4.90 Å². The summed E-state index contributed by atoms with van der Waals surface area (Å²) in [6.45, 7) is 3.52. The normalized spacial score (nSPS) is 31.5. The van der Waals surface area contributed by atoms with E-state index in [0.29, 0.717) is 18.7 Å². The van der Waals surface area contributed by atoms with Crippen LogP contribution < -0.4 is 5.32 Å². The van der Waals surface area contributed by atoms with Crippen LogP contribution in [0.15, 0.2) is 0 Å². The fraction of sp³-hybridized carbons (Fsp3) is 1.00. The number of nitrogens with zero attached hydrogens (tertiary/aromatic N) is 1. The number of rotatable bonds is 2. The van der Waals surface area contributed by atoms with E-state index in [1.165, 1.54) is 25.8 Å². The molecule has 2 unspecified atom stereocenters. The molecule has 2 heterocycles. The first-order chi connectivity index (χ1) is 5.92. The molecule has 2 aliphatic heterocycles. The van der Waals surface area contributed by atoms with Crippen LogP contribution in [0.1, 0.15) is 19.3 Å². The summed E-state index contributed by atoms with van der Waals surface area (Å²) in [5.41, 5.74) is 0. The quantitative estimate of drug-likeness (QED) is 0.747. The second-order valence-electron chi connectivity index (χ2n) is 3.82. The maximum Gasteiger partial charge on any atom is 0.0558 e. The monoisotopic (exact) mass is 242 g/mol. The van der Waals surface area contributed by atoms with Crippen molar-refractivity contribution in [2.75, 3.05) is 26.2 Å². The smallest absolute Gasteiger partial charge is 0.0558 e. The molecule has 0 aromatic rings. The van der Waals surface area contributed by atoms with Crippen molar-refractivity contribution >= 4 is 24.8 Å². The van der Waals surface area contributed by atoms with Gasteiger partial charge >= 0.3 is 0 Å². The van der Waals surface area contributed by atoms with E-state index < -0.39 is 0 Å². The number of likely N-dealkylation sites (tertiary alicyclic amines) is 1. The number of hydrogen-bond donors (Lipinski definition) is 2. The predicted molar refractivity (Wildman–Crippen MR) is 62.6 cm³/mol. The summed E-state index contributed by atoms with van der Waals surface area (Å²) < 4.78 is 0. The van der Waals surface area contributed by atoms with Crippen LogP contribution >= 0.6 is 24.8 Å². The highest BCUT2D eigenvalue weighted by Crippen LogP contribution is 2.23. The third kappa shape index (κ3) is 2.97. The van der Waals surface area contributed by atoms with E-state index in [4.69, 9.17) is 5.11 Å². The zero-order valence-corrected chi connectivity index (χ0v) is 9.95. The summed E-state index contributed by atoms with van der Waals surface area (Å²) in [5, 5.41) is 12.4. The second kappa shape index (κ2) is 6.85.